The lowest BCUT2D eigenvalue weighted by molar-refractivity contribution is -0.136. The van der Waals surface area contributed by atoms with E-state index in [2.05, 4.69) is 20.9 Å². The second-order valence-corrected chi connectivity index (χ2v) is 6.08. The summed E-state index contributed by atoms with van der Waals surface area (Å²) in [5.41, 5.74) is 2.26. The Hall–Kier alpha value is -2.66. The van der Waals surface area contributed by atoms with Crippen LogP contribution in [0.5, 0.6) is 0 Å². The molecule has 0 aliphatic carbocycles. The van der Waals surface area contributed by atoms with Gasteiger partial charge in [-0.2, -0.15) is 0 Å². The SMILES string of the molecule is O=C(C=Cc1cccc(Br)c1)OCC(=O)c1c[nH]c2ccccc12. The molecule has 0 atom stereocenters. The largest absolute Gasteiger partial charge is 0.454 e. The van der Waals surface area contributed by atoms with Gasteiger partial charge in [0.2, 0.25) is 5.78 Å². The molecule has 3 aromatic rings. The van der Waals surface area contributed by atoms with E-state index in [-0.39, 0.29) is 12.4 Å². The van der Waals surface area contributed by atoms with Crippen molar-refractivity contribution in [3.8, 4) is 0 Å². The molecule has 1 N–H and O–H groups in total. The molecule has 0 bridgehead atoms. The molecule has 0 unspecified atom stereocenters. The first-order chi connectivity index (χ1) is 11.6. The van der Waals surface area contributed by atoms with Crippen LogP contribution in [0.4, 0.5) is 0 Å². The number of rotatable bonds is 5. The molecule has 2 aromatic carbocycles. The van der Waals surface area contributed by atoms with Gasteiger partial charge in [-0.15, -0.1) is 0 Å². The molecule has 1 heterocycles. The normalized spacial score (nSPS) is 11.0. The molecule has 0 saturated heterocycles. The second-order valence-electron chi connectivity index (χ2n) is 5.17. The Morgan fingerprint density at radius 3 is 2.79 bits per heavy atom. The van der Waals surface area contributed by atoms with Crippen molar-refractivity contribution in [3.05, 3.63) is 76.4 Å². The van der Waals surface area contributed by atoms with E-state index in [0.717, 1.165) is 20.9 Å². The van der Waals surface area contributed by atoms with Gasteiger partial charge in [0.1, 0.15) is 0 Å². The number of hydrogen-bond donors (Lipinski definition) is 1. The summed E-state index contributed by atoms with van der Waals surface area (Å²) < 4.78 is 5.95. The number of nitrogens with one attached hydrogen (secondary N) is 1. The van der Waals surface area contributed by atoms with Crippen molar-refractivity contribution in [2.45, 2.75) is 0 Å². The van der Waals surface area contributed by atoms with Gasteiger partial charge in [0, 0.05) is 33.2 Å². The van der Waals surface area contributed by atoms with Crippen LogP contribution in [0.25, 0.3) is 17.0 Å². The number of ether oxygens (including phenoxy) is 1. The monoisotopic (exact) mass is 383 g/mol. The molecular formula is C19H14BrNO3. The van der Waals surface area contributed by atoms with Crippen LogP contribution in [0.3, 0.4) is 0 Å². The number of esters is 1. The van der Waals surface area contributed by atoms with E-state index < -0.39 is 5.97 Å². The first kappa shape index (κ1) is 16.2. The highest BCUT2D eigenvalue weighted by molar-refractivity contribution is 9.10. The zero-order chi connectivity index (χ0) is 16.9. The third kappa shape index (κ3) is 3.81. The van der Waals surface area contributed by atoms with Gasteiger partial charge in [-0.25, -0.2) is 4.79 Å². The van der Waals surface area contributed by atoms with E-state index in [0.29, 0.717) is 5.56 Å². The number of para-hydroxylation sites is 1. The van der Waals surface area contributed by atoms with Crippen molar-refractivity contribution in [1.82, 2.24) is 4.98 Å². The highest BCUT2D eigenvalue weighted by Crippen LogP contribution is 2.18. The number of benzene rings is 2. The molecule has 120 valence electrons. The highest BCUT2D eigenvalue weighted by Gasteiger charge is 2.13. The van der Waals surface area contributed by atoms with Gasteiger partial charge in [-0.3, -0.25) is 4.79 Å². The van der Waals surface area contributed by atoms with E-state index in [4.69, 9.17) is 4.74 Å². The molecule has 0 spiro atoms. The average Bonchev–Trinajstić information content (AvgIpc) is 3.02. The summed E-state index contributed by atoms with van der Waals surface area (Å²) in [5.74, 6) is -0.792. The van der Waals surface area contributed by atoms with Crippen LogP contribution in [-0.2, 0) is 9.53 Å². The summed E-state index contributed by atoms with van der Waals surface area (Å²) >= 11 is 3.36. The first-order valence-electron chi connectivity index (χ1n) is 7.33. The van der Waals surface area contributed by atoms with Gasteiger partial charge < -0.3 is 9.72 Å². The molecule has 0 radical (unpaired) electrons. The van der Waals surface area contributed by atoms with Gasteiger partial charge in [-0.05, 0) is 29.8 Å². The van der Waals surface area contributed by atoms with E-state index >= 15 is 0 Å². The topological polar surface area (TPSA) is 59.2 Å². The van der Waals surface area contributed by atoms with Gasteiger partial charge in [0.15, 0.2) is 6.61 Å². The molecule has 0 saturated carbocycles. The number of halogens is 1. The van der Waals surface area contributed by atoms with Gasteiger partial charge in [0.05, 0.1) is 0 Å². The number of fused-ring (bicyclic) bond motifs is 1. The maximum Gasteiger partial charge on any atom is 0.331 e. The second kappa shape index (κ2) is 7.27. The third-order valence-corrected chi connectivity index (χ3v) is 3.99. The molecule has 0 amide bonds. The van der Waals surface area contributed by atoms with E-state index in [1.165, 1.54) is 6.08 Å². The Morgan fingerprint density at radius 1 is 1.12 bits per heavy atom. The Balaban J connectivity index is 1.61. The van der Waals surface area contributed by atoms with E-state index in [1.54, 1.807) is 12.3 Å². The summed E-state index contributed by atoms with van der Waals surface area (Å²) in [6.07, 6.45) is 4.59. The highest BCUT2D eigenvalue weighted by atomic mass is 79.9. The molecule has 4 nitrogen and oxygen atoms in total. The standard InChI is InChI=1S/C19H14BrNO3/c20-14-5-3-4-13(10-14)8-9-19(23)24-12-18(22)16-11-21-17-7-2-1-6-15(16)17/h1-11,21H,12H2. The molecule has 0 aliphatic heterocycles. The Morgan fingerprint density at radius 2 is 1.96 bits per heavy atom. The smallest absolute Gasteiger partial charge is 0.331 e. The Kier molecular flexibility index (Phi) is 4.91. The lowest BCUT2D eigenvalue weighted by Gasteiger charge is -2.01. The lowest BCUT2D eigenvalue weighted by Crippen LogP contribution is -2.12. The molecule has 3 rings (SSSR count). The summed E-state index contributed by atoms with van der Waals surface area (Å²) in [5, 5.41) is 0.822. The fraction of sp³-hybridized carbons (Fsp3) is 0.0526. The van der Waals surface area contributed by atoms with Crippen LogP contribution in [0.2, 0.25) is 0 Å². The quantitative estimate of drug-likeness (QED) is 0.404. The minimum absolute atomic E-state index is 0.239. The fourth-order valence-electron chi connectivity index (χ4n) is 2.34. The van der Waals surface area contributed by atoms with Crippen molar-refractivity contribution in [2.24, 2.45) is 0 Å². The minimum atomic E-state index is -0.553. The van der Waals surface area contributed by atoms with Gasteiger partial charge >= 0.3 is 5.97 Å². The van der Waals surface area contributed by atoms with Crippen LogP contribution in [0, 0.1) is 0 Å². The predicted molar refractivity (Wildman–Crippen MR) is 96.8 cm³/mol. The molecule has 0 aliphatic rings. The lowest BCUT2D eigenvalue weighted by atomic mass is 10.1. The number of Topliss-reactive ketones (excluding diaryl/α,β-unsaturated/α-hetero) is 1. The zero-order valence-corrected chi connectivity index (χ0v) is 14.2. The number of carbonyl (C=O) groups excluding carboxylic acids is 2. The van der Waals surface area contributed by atoms with Crippen molar-refractivity contribution in [1.29, 1.82) is 0 Å². The van der Waals surface area contributed by atoms with E-state index in [1.807, 2.05) is 48.5 Å². The summed E-state index contributed by atoms with van der Waals surface area (Å²) in [7, 11) is 0. The number of aromatic amines is 1. The predicted octanol–water partition coefficient (Wildman–Crippen LogP) is 4.37. The molecule has 5 heteroatoms. The van der Waals surface area contributed by atoms with Crippen LogP contribution >= 0.6 is 15.9 Å². The Labute approximate surface area is 147 Å². The molecule has 0 fully saturated rings. The number of aromatic nitrogens is 1. The third-order valence-electron chi connectivity index (χ3n) is 3.50. The van der Waals surface area contributed by atoms with Crippen molar-refractivity contribution in [2.75, 3.05) is 6.61 Å². The minimum Gasteiger partial charge on any atom is -0.454 e. The van der Waals surface area contributed by atoms with Gasteiger partial charge in [-0.1, -0.05) is 46.3 Å². The van der Waals surface area contributed by atoms with E-state index in [9.17, 15) is 9.59 Å². The number of carbonyl (C=O) groups is 2. The summed E-state index contributed by atoms with van der Waals surface area (Å²) in [6.45, 7) is -0.288. The van der Waals surface area contributed by atoms with Crippen LogP contribution in [-0.4, -0.2) is 23.3 Å². The first-order valence-corrected chi connectivity index (χ1v) is 8.12. The average molecular weight is 384 g/mol. The maximum atomic E-state index is 12.2. The number of H-pyrrole nitrogens is 1. The van der Waals surface area contributed by atoms with Crippen molar-refractivity contribution in [3.63, 3.8) is 0 Å². The molecule has 1 aromatic heterocycles. The number of hydrogen-bond acceptors (Lipinski definition) is 3. The van der Waals surface area contributed by atoms with Crippen molar-refractivity contribution < 1.29 is 14.3 Å². The van der Waals surface area contributed by atoms with Gasteiger partial charge in [0.25, 0.3) is 0 Å². The number of ketones is 1. The zero-order valence-electron chi connectivity index (χ0n) is 12.7. The van der Waals surface area contributed by atoms with Crippen LogP contribution in [0.15, 0.2) is 65.3 Å². The Bertz CT molecular complexity index is 927. The molecular weight excluding hydrogens is 370 g/mol. The summed E-state index contributed by atoms with van der Waals surface area (Å²) in [6, 6.07) is 15.0. The summed E-state index contributed by atoms with van der Waals surface area (Å²) in [4.78, 5) is 27.0. The van der Waals surface area contributed by atoms with Crippen LogP contribution in [0.1, 0.15) is 15.9 Å². The van der Waals surface area contributed by atoms with Crippen LogP contribution < -0.4 is 0 Å². The fourth-order valence-corrected chi connectivity index (χ4v) is 2.76. The van der Waals surface area contributed by atoms with Crippen molar-refractivity contribution >= 4 is 44.7 Å². The maximum absolute atomic E-state index is 12.2. The molecule has 24 heavy (non-hydrogen) atoms.